The molecule has 1 aliphatic heterocycles. The predicted octanol–water partition coefficient (Wildman–Crippen LogP) is 1.17. The van der Waals surface area contributed by atoms with Crippen molar-refractivity contribution in [3.63, 3.8) is 0 Å². The molecular weight excluding hydrogens is 375 g/mol. The molecule has 0 radical (unpaired) electrons. The van der Waals surface area contributed by atoms with Crippen molar-refractivity contribution in [1.29, 1.82) is 0 Å². The Morgan fingerprint density at radius 1 is 1.19 bits per heavy atom. The molecule has 1 atom stereocenters. The van der Waals surface area contributed by atoms with E-state index in [1.54, 1.807) is 6.92 Å². The number of hydrogen-bond donors (Lipinski definition) is 2. The second-order valence-corrected chi connectivity index (χ2v) is 5.86. The molecule has 1 rings (SSSR count). The van der Waals surface area contributed by atoms with Gasteiger partial charge in [0, 0.05) is 19.6 Å². The zero-order valence-electron chi connectivity index (χ0n) is 14.9. The van der Waals surface area contributed by atoms with Crippen molar-refractivity contribution in [1.82, 2.24) is 15.5 Å². The second kappa shape index (κ2) is 9.97. The molecule has 2 N–H and O–H groups in total. The number of urea groups is 1. The van der Waals surface area contributed by atoms with E-state index in [1.807, 2.05) is 5.32 Å². The Kier molecular flexibility index (Phi) is 8.32. The lowest BCUT2D eigenvalue weighted by atomic mass is 9.97. The topological polar surface area (TPSA) is 114 Å². The molecule has 9 nitrogen and oxygen atoms in total. The van der Waals surface area contributed by atoms with Gasteiger partial charge in [0.05, 0.1) is 5.92 Å². The fourth-order valence-corrected chi connectivity index (χ4v) is 2.27. The first-order chi connectivity index (χ1) is 12.5. The third kappa shape index (κ3) is 8.13. The van der Waals surface area contributed by atoms with Crippen molar-refractivity contribution in [2.75, 3.05) is 26.2 Å². The third-order valence-corrected chi connectivity index (χ3v) is 3.68. The van der Waals surface area contributed by atoms with E-state index in [2.05, 4.69) is 10.1 Å². The summed E-state index contributed by atoms with van der Waals surface area (Å²) in [6.07, 6.45) is -6.60. The van der Waals surface area contributed by atoms with Crippen molar-refractivity contribution in [3.8, 4) is 0 Å². The van der Waals surface area contributed by atoms with Gasteiger partial charge >= 0.3 is 24.3 Å². The van der Waals surface area contributed by atoms with Crippen LogP contribution in [-0.4, -0.2) is 67.4 Å². The van der Waals surface area contributed by atoms with Crippen molar-refractivity contribution in [2.45, 2.75) is 39.0 Å². The first-order valence-electron chi connectivity index (χ1n) is 8.31. The summed E-state index contributed by atoms with van der Waals surface area (Å²) in [6.45, 7) is 1.66. The average Bonchev–Trinajstić information content (AvgIpc) is 2.59. The Hall–Kier alpha value is -2.53. The number of imide groups is 1. The number of likely N-dealkylation sites (tertiary alicyclic amines) is 1. The highest BCUT2D eigenvalue weighted by Gasteiger charge is 2.34. The van der Waals surface area contributed by atoms with Gasteiger partial charge in [-0.3, -0.25) is 14.9 Å². The molecule has 154 valence electrons. The smallest absolute Gasteiger partial charge is 0.422 e. The molecule has 0 aromatic heterocycles. The molecule has 0 aromatic carbocycles. The Morgan fingerprint density at radius 2 is 1.78 bits per heavy atom. The molecule has 1 heterocycles. The number of alkyl halides is 3. The maximum absolute atomic E-state index is 12.1. The summed E-state index contributed by atoms with van der Waals surface area (Å²) < 4.78 is 45.3. The van der Waals surface area contributed by atoms with Gasteiger partial charge in [-0.15, -0.1) is 0 Å². The fourth-order valence-electron chi connectivity index (χ4n) is 2.27. The van der Waals surface area contributed by atoms with Crippen molar-refractivity contribution in [3.05, 3.63) is 0 Å². The van der Waals surface area contributed by atoms with Crippen LogP contribution in [-0.2, 0) is 19.1 Å². The molecule has 0 spiro atoms. The summed E-state index contributed by atoms with van der Waals surface area (Å²) >= 11 is 0. The van der Waals surface area contributed by atoms with Crippen LogP contribution in [0.2, 0.25) is 0 Å². The van der Waals surface area contributed by atoms with Gasteiger partial charge < -0.3 is 19.7 Å². The molecule has 1 unspecified atom stereocenters. The molecule has 1 fully saturated rings. The number of piperidine rings is 1. The van der Waals surface area contributed by atoms with E-state index in [0.717, 1.165) is 4.90 Å². The van der Waals surface area contributed by atoms with Crippen LogP contribution in [0.3, 0.4) is 0 Å². The van der Waals surface area contributed by atoms with Crippen LogP contribution in [0.5, 0.6) is 0 Å². The average molecular weight is 397 g/mol. The van der Waals surface area contributed by atoms with Crippen LogP contribution < -0.4 is 10.6 Å². The molecule has 0 bridgehead atoms. The van der Waals surface area contributed by atoms with E-state index in [0.29, 0.717) is 6.54 Å². The Bertz CT molecular complexity index is 561. The number of carbonyl (C=O) groups excluding carboxylic acids is 4. The lowest BCUT2D eigenvalue weighted by Gasteiger charge is -2.30. The minimum atomic E-state index is -4.61. The summed E-state index contributed by atoms with van der Waals surface area (Å²) in [7, 11) is 0. The van der Waals surface area contributed by atoms with Gasteiger partial charge in [-0.2, -0.15) is 13.2 Å². The van der Waals surface area contributed by atoms with Gasteiger partial charge in [-0.05, 0) is 26.7 Å². The quantitative estimate of drug-likeness (QED) is 0.674. The van der Waals surface area contributed by atoms with E-state index in [9.17, 15) is 32.3 Å². The number of hydrogen-bond acceptors (Lipinski definition) is 6. The largest absolute Gasteiger partial charge is 0.452 e. The van der Waals surface area contributed by atoms with Gasteiger partial charge in [-0.1, -0.05) is 0 Å². The number of rotatable bonds is 5. The van der Waals surface area contributed by atoms with Crippen LogP contribution >= 0.6 is 0 Å². The SMILES string of the molecule is CCNC(=O)NC(=O)C(C)OC(=O)C1CCN(C(=O)OCC(F)(F)F)CC1. The highest BCUT2D eigenvalue weighted by atomic mass is 19.4. The first kappa shape index (κ1) is 22.5. The lowest BCUT2D eigenvalue weighted by Crippen LogP contribution is -2.46. The number of nitrogens with one attached hydrogen (secondary N) is 2. The summed E-state index contributed by atoms with van der Waals surface area (Å²) in [5.74, 6) is -2.09. The van der Waals surface area contributed by atoms with E-state index in [1.165, 1.54) is 6.92 Å². The number of esters is 1. The van der Waals surface area contributed by atoms with Crippen LogP contribution in [0.1, 0.15) is 26.7 Å². The molecule has 0 aliphatic carbocycles. The number of ether oxygens (including phenoxy) is 2. The minimum absolute atomic E-state index is 0.0238. The third-order valence-electron chi connectivity index (χ3n) is 3.68. The highest BCUT2D eigenvalue weighted by Crippen LogP contribution is 2.21. The van der Waals surface area contributed by atoms with Crippen molar-refractivity contribution < 1.29 is 41.8 Å². The monoisotopic (exact) mass is 397 g/mol. The Morgan fingerprint density at radius 3 is 2.30 bits per heavy atom. The van der Waals surface area contributed by atoms with Crippen molar-refractivity contribution in [2.24, 2.45) is 5.92 Å². The first-order valence-corrected chi connectivity index (χ1v) is 8.31. The molecule has 1 aliphatic rings. The number of halogens is 3. The Balaban J connectivity index is 2.39. The maximum Gasteiger partial charge on any atom is 0.422 e. The van der Waals surface area contributed by atoms with Crippen LogP contribution in [0.4, 0.5) is 22.8 Å². The normalized spacial score (nSPS) is 16.3. The van der Waals surface area contributed by atoms with Gasteiger partial charge in [0.15, 0.2) is 12.7 Å². The van der Waals surface area contributed by atoms with Crippen LogP contribution in [0, 0.1) is 5.92 Å². The van der Waals surface area contributed by atoms with Gasteiger partial charge in [-0.25, -0.2) is 9.59 Å². The van der Waals surface area contributed by atoms with E-state index < -0.39 is 48.8 Å². The fraction of sp³-hybridized carbons (Fsp3) is 0.733. The molecule has 12 heteroatoms. The highest BCUT2D eigenvalue weighted by molar-refractivity contribution is 5.97. The summed E-state index contributed by atoms with van der Waals surface area (Å²) in [4.78, 5) is 47.7. The Labute approximate surface area is 153 Å². The predicted molar refractivity (Wildman–Crippen MR) is 84.5 cm³/mol. The maximum atomic E-state index is 12.1. The number of carbonyl (C=O) groups is 4. The second-order valence-electron chi connectivity index (χ2n) is 5.86. The van der Waals surface area contributed by atoms with E-state index in [-0.39, 0.29) is 25.9 Å². The molecule has 4 amide bonds. The number of amides is 4. The molecule has 0 saturated carbocycles. The molecular formula is C15H22F3N3O6. The van der Waals surface area contributed by atoms with Crippen LogP contribution in [0.25, 0.3) is 0 Å². The van der Waals surface area contributed by atoms with E-state index >= 15 is 0 Å². The van der Waals surface area contributed by atoms with Gasteiger partial charge in [0.1, 0.15) is 0 Å². The van der Waals surface area contributed by atoms with E-state index in [4.69, 9.17) is 4.74 Å². The standard InChI is InChI=1S/C15H22F3N3O6/c1-3-19-13(24)20-11(22)9(2)27-12(23)10-4-6-21(7-5-10)14(25)26-8-15(16,17)18/h9-10H,3-8H2,1-2H3,(H2,19,20,22,24). The van der Waals surface area contributed by atoms with Gasteiger partial charge in [0.25, 0.3) is 5.91 Å². The molecule has 0 aromatic rings. The zero-order valence-corrected chi connectivity index (χ0v) is 14.9. The van der Waals surface area contributed by atoms with Gasteiger partial charge in [0.2, 0.25) is 0 Å². The summed E-state index contributed by atoms with van der Waals surface area (Å²) in [6, 6.07) is -0.712. The lowest BCUT2D eigenvalue weighted by molar-refractivity contribution is -0.163. The zero-order chi connectivity index (χ0) is 20.6. The molecule has 1 saturated heterocycles. The number of nitrogens with zero attached hydrogens (tertiary/aromatic N) is 1. The van der Waals surface area contributed by atoms with Crippen molar-refractivity contribution >= 4 is 24.0 Å². The van der Waals surface area contributed by atoms with Crippen LogP contribution in [0.15, 0.2) is 0 Å². The summed E-state index contributed by atoms with van der Waals surface area (Å²) in [5, 5.41) is 4.36. The minimum Gasteiger partial charge on any atom is -0.452 e. The summed E-state index contributed by atoms with van der Waals surface area (Å²) in [5.41, 5.74) is 0. The molecule has 27 heavy (non-hydrogen) atoms.